The Balaban J connectivity index is 2.43. The Kier molecular flexibility index (Phi) is 4.69. The van der Waals surface area contributed by atoms with E-state index in [1.54, 1.807) is 6.07 Å². The van der Waals surface area contributed by atoms with E-state index in [0.29, 0.717) is 9.54 Å². The standard InChI is InChI=1S/C9H12BrNO4S4/c1-18(12,13)8-6-16-5-4-11(8)19(14,15)9-3-2-7(10)17-9/h2-3,8H,4-6H2,1H3. The molecule has 1 saturated heterocycles. The van der Waals surface area contributed by atoms with Crippen LogP contribution in [0.3, 0.4) is 0 Å². The fraction of sp³-hybridized carbons (Fsp3) is 0.556. The van der Waals surface area contributed by atoms with Gasteiger partial charge >= 0.3 is 0 Å². The van der Waals surface area contributed by atoms with Crippen molar-refractivity contribution in [3.63, 3.8) is 0 Å². The first-order valence-electron chi connectivity index (χ1n) is 5.27. The van der Waals surface area contributed by atoms with Crippen LogP contribution in [0, 0.1) is 0 Å². The van der Waals surface area contributed by atoms with Gasteiger partial charge in [0.2, 0.25) is 0 Å². The summed E-state index contributed by atoms with van der Waals surface area (Å²) in [5.74, 6) is 0.891. The number of thiophene rings is 1. The molecule has 0 bridgehead atoms. The second-order valence-corrected chi connectivity index (χ2v) is 12.0. The van der Waals surface area contributed by atoms with Crippen LogP contribution in [0.2, 0.25) is 0 Å². The predicted molar refractivity (Wildman–Crippen MR) is 81.9 cm³/mol. The van der Waals surface area contributed by atoms with Gasteiger partial charge < -0.3 is 0 Å². The highest BCUT2D eigenvalue weighted by Crippen LogP contribution is 2.32. The summed E-state index contributed by atoms with van der Waals surface area (Å²) in [5.41, 5.74) is 0. The van der Waals surface area contributed by atoms with Crippen molar-refractivity contribution in [2.24, 2.45) is 0 Å². The maximum atomic E-state index is 12.5. The molecule has 0 saturated carbocycles. The van der Waals surface area contributed by atoms with Gasteiger partial charge in [-0.15, -0.1) is 11.3 Å². The second-order valence-electron chi connectivity index (χ2n) is 4.03. The summed E-state index contributed by atoms with van der Waals surface area (Å²) in [6, 6.07) is 3.14. The van der Waals surface area contributed by atoms with Crippen LogP contribution in [0.15, 0.2) is 20.1 Å². The monoisotopic (exact) mass is 405 g/mol. The molecule has 10 heteroatoms. The number of sulfone groups is 1. The molecule has 1 unspecified atom stereocenters. The summed E-state index contributed by atoms with van der Waals surface area (Å²) in [6.07, 6.45) is 1.08. The van der Waals surface area contributed by atoms with E-state index < -0.39 is 25.2 Å². The van der Waals surface area contributed by atoms with E-state index in [1.807, 2.05) is 0 Å². The Morgan fingerprint density at radius 1 is 1.32 bits per heavy atom. The minimum Gasteiger partial charge on any atom is -0.227 e. The number of hydrogen-bond acceptors (Lipinski definition) is 6. The van der Waals surface area contributed by atoms with Crippen molar-refractivity contribution in [3.05, 3.63) is 15.9 Å². The zero-order valence-electron chi connectivity index (χ0n) is 9.94. The van der Waals surface area contributed by atoms with Gasteiger partial charge in [0, 0.05) is 24.3 Å². The van der Waals surface area contributed by atoms with E-state index in [0.717, 1.165) is 21.9 Å². The van der Waals surface area contributed by atoms with Crippen LogP contribution >= 0.6 is 39.0 Å². The average Bonchev–Trinajstić information content (AvgIpc) is 2.75. The molecule has 0 amide bonds. The first kappa shape index (κ1) is 15.8. The van der Waals surface area contributed by atoms with Crippen LogP contribution in [0.25, 0.3) is 0 Å². The van der Waals surface area contributed by atoms with Crippen molar-refractivity contribution in [1.29, 1.82) is 0 Å². The Bertz CT molecular complexity index is 666. The molecule has 0 N–H and O–H groups in total. The molecule has 108 valence electrons. The topological polar surface area (TPSA) is 71.5 Å². The lowest BCUT2D eigenvalue weighted by molar-refractivity contribution is 0.406. The van der Waals surface area contributed by atoms with E-state index in [-0.39, 0.29) is 16.5 Å². The first-order chi connectivity index (χ1) is 8.73. The normalized spacial score (nSPS) is 22.5. The lowest BCUT2D eigenvalue weighted by atomic mass is 10.6. The van der Waals surface area contributed by atoms with Crippen molar-refractivity contribution >= 4 is 58.9 Å². The highest BCUT2D eigenvalue weighted by atomic mass is 79.9. The maximum Gasteiger partial charge on any atom is 0.253 e. The molecule has 1 aromatic heterocycles. The largest absolute Gasteiger partial charge is 0.253 e. The van der Waals surface area contributed by atoms with Crippen molar-refractivity contribution in [1.82, 2.24) is 4.31 Å². The summed E-state index contributed by atoms with van der Waals surface area (Å²) in [5, 5.41) is -0.975. The number of halogens is 1. The Hall–Kier alpha value is 0.390. The highest BCUT2D eigenvalue weighted by Gasteiger charge is 2.39. The lowest BCUT2D eigenvalue weighted by Crippen LogP contribution is -2.49. The predicted octanol–water partition coefficient (Wildman–Crippen LogP) is 1.62. The van der Waals surface area contributed by atoms with Gasteiger partial charge in [0.15, 0.2) is 9.84 Å². The number of sulfonamides is 1. The van der Waals surface area contributed by atoms with Crippen LogP contribution in [0.1, 0.15) is 0 Å². The average molecular weight is 406 g/mol. The molecule has 0 spiro atoms. The van der Waals surface area contributed by atoms with E-state index in [1.165, 1.54) is 17.8 Å². The third-order valence-corrected chi connectivity index (χ3v) is 9.42. The molecule has 2 rings (SSSR count). The molecule has 1 aliphatic heterocycles. The van der Waals surface area contributed by atoms with Crippen molar-refractivity contribution in [2.75, 3.05) is 24.3 Å². The molecule has 1 atom stereocenters. The quantitative estimate of drug-likeness (QED) is 0.763. The summed E-state index contributed by atoms with van der Waals surface area (Å²) in [6.45, 7) is 0.222. The number of hydrogen-bond donors (Lipinski definition) is 0. The van der Waals surface area contributed by atoms with Crippen molar-refractivity contribution in [2.45, 2.75) is 9.58 Å². The smallest absolute Gasteiger partial charge is 0.227 e. The van der Waals surface area contributed by atoms with E-state index in [9.17, 15) is 16.8 Å². The molecule has 1 aliphatic rings. The molecule has 0 radical (unpaired) electrons. The van der Waals surface area contributed by atoms with Gasteiger partial charge in [0.25, 0.3) is 10.0 Å². The zero-order valence-corrected chi connectivity index (χ0v) is 14.8. The molecular weight excluding hydrogens is 394 g/mol. The molecule has 1 aromatic rings. The maximum absolute atomic E-state index is 12.5. The first-order valence-corrected chi connectivity index (χ1v) is 11.4. The minimum absolute atomic E-state index is 0.167. The van der Waals surface area contributed by atoms with Gasteiger partial charge in [-0.25, -0.2) is 16.8 Å². The summed E-state index contributed by atoms with van der Waals surface area (Å²) < 4.78 is 50.5. The zero-order chi connectivity index (χ0) is 14.3. The Morgan fingerprint density at radius 3 is 2.53 bits per heavy atom. The van der Waals surface area contributed by atoms with Crippen molar-refractivity contribution in [3.8, 4) is 0 Å². The Labute approximate surface area is 129 Å². The van der Waals surface area contributed by atoms with E-state index >= 15 is 0 Å². The third-order valence-electron chi connectivity index (χ3n) is 2.64. The van der Waals surface area contributed by atoms with Crippen LogP contribution in [0.5, 0.6) is 0 Å². The SMILES string of the molecule is CS(=O)(=O)C1CSCCN1S(=O)(=O)c1ccc(Br)s1. The molecule has 2 heterocycles. The van der Waals surface area contributed by atoms with E-state index in [2.05, 4.69) is 15.9 Å². The summed E-state index contributed by atoms with van der Waals surface area (Å²) in [4.78, 5) is 0. The summed E-state index contributed by atoms with van der Waals surface area (Å²) >= 11 is 5.76. The number of thioether (sulfide) groups is 1. The van der Waals surface area contributed by atoms with Gasteiger partial charge in [-0.1, -0.05) is 0 Å². The lowest BCUT2D eigenvalue weighted by Gasteiger charge is -2.32. The van der Waals surface area contributed by atoms with Gasteiger partial charge in [-0.05, 0) is 28.1 Å². The third kappa shape index (κ3) is 3.35. The van der Waals surface area contributed by atoms with Gasteiger partial charge in [0.1, 0.15) is 9.58 Å². The van der Waals surface area contributed by atoms with Gasteiger partial charge in [-0.2, -0.15) is 16.1 Å². The van der Waals surface area contributed by atoms with Gasteiger partial charge in [-0.3, -0.25) is 0 Å². The molecular formula is C9H12BrNO4S4. The molecule has 1 fully saturated rings. The van der Waals surface area contributed by atoms with Crippen LogP contribution in [0.4, 0.5) is 0 Å². The molecule has 19 heavy (non-hydrogen) atoms. The fourth-order valence-electron chi connectivity index (χ4n) is 1.73. The Morgan fingerprint density at radius 2 is 2.00 bits per heavy atom. The van der Waals surface area contributed by atoms with Crippen molar-refractivity contribution < 1.29 is 16.8 Å². The molecule has 5 nitrogen and oxygen atoms in total. The number of rotatable bonds is 3. The van der Waals surface area contributed by atoms with Gasteiger partial charge in [0.05, 0.1) is 3.79 Å². The second kappa shape index (κ2) is 5.64. The minimum atomic E-state index is -3.74. The summed E-state index contributed by atoms with van der Waals surface area (Å²) in [7, 11) is -7.18. The molecule has 0 aromatic carbocycles. The van der Waals surface area contributed by atoms with E-state index in [4.69, 9.17) is 0 Å². The fourth-order valence-corrected chi connectivity index (χ4v) is 9.04. The van der Waals surface area contributed by atoms with Crippen LogP contribution < -0.4 is 0 Å². The highest BCUT2D eigenvalue weighted by molar-refractivity contribution is 9.11. The number of nitrogens with zero attached hydrogens (tertiary/aromatic N) is 1. The van der Waals surface area contributed by atoms with Crippen LogP contribution in [-0.2, 0) is 19.9 Å². The molecule has 0 aliphatic carbocycles. The van der Waals surface area contributed by atoms with Crippen LogP contribution in [-0.4, -0.2) is 50.8 Å².